The zero-order valence-electron chi connectivity index (χ0n) is 17.0. The van der Waals surface area contributed by atoms with E-state index in [1.54, 1.807) is 0 Å². The number of piperidine rings is 1. The van der Waals surface area contributed by atoms with Crippen LogP contribution in [0.15, 0.2) is 36.4 Å². The molecule has 5 rings (SSSR count). The summed E-state index contributed by atoms with van der Waals surface area (Å²) >= 11 is 0. The van der Waals surface area contributed by atoms with Crippen LogP contribution >= 0.6 is 0 Å². The Balaban J connectivity index is 1.39. The minimum atomic E-state index is 0.0782. The van der Waals surface area contributed by atoms with Crippen molar-refractivity contribution in [2.45, 2.75) is 45.6 Å². The largest absolute Gasteiger partial charge is 0.333 e. The molecule has 0 spiro atoms. The number of carbonyl (C=O) groups is 1. The van der Waals surface area contributed by atoms with Crippen molar-refractivity contribution in [3.8, 4) is 0 Å². The SMILES string of the molecule is Cc1cc(C(=O)N2C[C@H]3CC[C@@H]2CN(CCCc2ccccc2)C3)nc(C)n1. The summed E-state index contributed by atoms with van der Waals surface area (Å²) in [6.07, 6.45) is 4.62. The molecule has 3 fully saturated rings. The number of amides is 1. The molecule has 5 heteroatoms. The van der Waals surface area contributed by atoms with Crippen LogP contribution in [0.1, 0.15) is 46.8 Å². The topological polar surface area (TPSA) is 49.3 Å². The first-order chi connectivity index (χ1) is 13.6. The van der Waals surface area contributed by atoms with Gasteiger partial charge in [-0.05, 0) is 63.6 Å². The molecule has 1 amide bonds. The smallest absolute Gasteiger partial charge is 0.272 e. The molecule has 0 aliphatic carbocycles. The highest BCUT2D eigenvalue weighted by molar-refractivity contribution is 5.92. The Bertz CT molecular complexity index is 802. The van der Waals surface area contributed by atoms with Crippen LogP contribution in [-0.4, -0.2) is 57.9 Å². The molecule has 1 aromatic heterocycles. The standard InChI is InChI=1S/C23H30N4O/c1-17-13-22(25-18(2)24-17)23(28)27-15-20-10-11-21(27)16-26(14-20)12-6-9-19-7-4-3-5-8-19/h3-5,7-8,13,20-21H,6,9-12,14-16H2,1-2H3/t20-,21+/m0/s1. The summed E-state index contributed by atoms with van der Waals surface area (Å²) in [7, 11) is 0. The van der Waals surface area contributed by atoms with Gasteiger partial charge in [0.15, 0.2) is 0 Å². The lowest BCUT2D eigenvalue weighted by molar-refractivity contribution is 0.0578. The molecule has 28 heavy (non-hydrogen) atoms. The van der Waals surface area contributed by atoms with E-state index in [1.165, 1.54) is 18.4 Å². The van der Waals surface area contributed by atoms with Gasteiger partial charge in [0.1, 0.15) is 11.5 Å². The van der Waals surface area contributed by atoms with Crippen molar-refractivity contribution in [2.24, 2.45) is 5.92 Å². The molecular formula is C23H30N4O. The lowest BCUT2D eigenvalue weighted by Gasteiger charge is -2.36. The van der Waals surface area contributed by atoms with Crippen molar-refractivity contribution >= 4 is 5.91 Å². The lowest BCUT2D eigenvalue weighted by Crippen LogP contribution is -2.47. The first kappa shape index (κ1) is 19.1. The second-order valence-corrected chi connectivity index (χ2v) is 8.35. The molecule has 0 saturated carbocycles. The summed E-state index contributed by atoms with van der Waals surface area (Å²) in [5.41, 5.74) is 2.82. The van der Waals surface area contributed by atoms with Gasteiger partial charge in [-0.2, -0.15) is 0 Å². The molecular weight excluding hydrogens is 348 g/mol. The molecule has 148 valence electrons. The molecule has 5 nitrogen and oxygen atoms in total. The average Bonchev–Trinajstić information content (AvgIpc) is 2.98. The van der Waals surface area contributed by atoms with E-state index in [2.05, 4.69) is 50.1 Å². The van der Waals surface area contributed by atoms with Crippen LogP contribution in [0.4, 0.5) is 0 Å². The minimum absolute atomic E-state index is 0.0782. The normalized spacial score (nSPS) is 22.3. The quantitative estimate of drug-likeness (QED) is 0.801. The third kappa shape index (κ3) is 4.41. The Labute approximate surface area is 167 Å². The summed E-state index contributed by atoms with van der Waals surface area (Å²) in [4.78, 5) is 26.6. The van der Waals surface area contributed by atoms with E-state index in [0.29, 0.717) is 23.5 Å². The Morgan fingerprint density at radius 3 is 2.68 bits per heavy atom. The molecule has 1 aromatic carbocycles. The first-order valence-electron chi connectivity index (χ1n) is 10.5. The van der Waals surface area contributed by atoms with E-state index in [9.17, 15) is 4.79 Å². The fourth-order valence-electron chi connectivity index (χ4n) is 4.74. The lowest BCUT2D eigenvalue weighted by atomic mass is 9.94. The summed E-state index contributed by atoms with van der Waals surface area (Å²) in [5, 5.41) is 0. The number of hydrogen-bond acceptors (Lipinski definition) is 4. The van der Waals surface area contributed by atoms with Crippen LogP contribution in [0.25, 0.3) is 0 Å². The minimum Gasteiger partial charge on any atom is -0.333 e. The molecule has 3 saturated heterocycles. The number of nitrogens with zero attached hydrogens (tertiary/aromatic N) is 4. The predicted molar refractivity (Wildman–Crippen MR) is 110 cm³/mol. The molecule has 4 heterocycles. The Morgan fingerprint density at radius 1 is 1.07 bits per heavy atom. The number of hydrogen-bond donors (Lipinski definition) is 0. The third-order valence-electron chi connectivity index (χ3n) is 6.02. The zero-order valence-corrected chi connectivity index (χ0v) is 17.0. The van der Waals surface area contributed by atoms with Gasteiger partial charge in [-0.25, -0.2) is 9.97 Å². The second-order valence-electron chi connectivity index (χ2n) is 8.35. The molecule has 0 radical (unpaired) electrons. The van der Waals surface area contributed by atoms with Crippen LogP contribution < -0.4 is 0 Å². The number of aryl methyl sites for hydroxylation is 3. The van der Waals surface area contributed by atoms with E-state index in [1.807, 2.05) is 19.9 Å². The summed E-state index contributed by atoms with van der Waals surface area (Å²) in [6.45, 7) is 7.84. The zero-order chi connectivity index (χ0) is 19.5. The number of rotatable bonds is 5. The van der Waals surface area contributed by atoms with E-state index < -0.39 is 0 Å². The van der Waals surface area contributed by atoms with Crippen molar-refractivity contribution in [3.05, 3.63) is 59.2 Å². The van der Waals surface area contributed by atoms with Crippen molar-refractivity contribution in [2.75, 3.05) is 26.2 Å². The van der Waals surface area contributed by atoms with Crippen molar-refractivity contribution < 1.29 is 4.79 Å². The van der Waals surface area contributed by atoms with Crippen molar-refractivity contribution in [1.29, 1.82) is 0 Å². The van der Waals surface area contributed by atoms with E-state index in [0.717, 1.165) is 44.7 Å². The molecule has 0 unspecified atom stereocenters. The van der Waals surface area contributed by atoms with Gasteiger partial charge >= 0.3 is 0 Å². The number of benzene rings is 1. The fourth-order valence-corrected chi connectivity index (χ4v) is 4.74. The van der Waals surface area contributed by atoms with Gasteiger partial charge in [-0.3, -0.25) is 4.79 Å². The number of carbonyl (C=O) groups excluding carboxylic acids is 1. The Kier molecular flexibility index (Phi) is 5.72. The molecule has 3 aliphatic rings. The summed E-state index contributed by atoms with van der Waals surface area (Å²) in [6, 6.07) is 12.8. The Hall–Kier alpha value is -2.27. The van der Waals surface area contributed by atoms with Crippen LogP contribution in [-0.2, 0) is 6.42 Å². The molecule has 0 N–H and O–H groups in total. The highest BCUT2D eigenvalue weighted by Gasteiger charge is 2.37. The molecule has 2 aromatic rings. The van der Waals surface area contributed by atoms with E-state index in [-0.39, 0.29) is 5.91 Å². The van der Waals surface area contributed by atoms with Gasteiger partial charge in [0.25, 0.3) is 5.91 Å². The monoisotopic (exact) mass is 378 g/mol. The van der Waals surface area contributed by atoms with E-state index >= 15 is 0 Å². The molecule has 2 atom stereocenters. The highest BCUT2D eigenvalue weighted by atomic mass is 16.2. The number of fused-ring (bicyclic) bond motifs is 4. The molecule has 2 bridgehead atoms. The van der Waals surface area contributed by atoms with Gasteiger partial charge in [-0.15, -0.1) is 0 Å². The number of aromatic nitrogens is 2. The van der Waals surface area contributed by atoms with Crippen LogP contribution in [0.3, 0.4) is 0 Å². The third-order valence-corrected chi connectivity index (χ3v) is 6.02. The average molecular weight is 379 g/mol. The Morgan fingerprint density at radius 2 is 1.89 bits per heavy atom. The first-order valence-corrected chi connectivity index (χ1v) is 10.5. The second kappa shape index (κ2) is 8.39. The van der Waals surface area contributed by atoms with Crippen LogP contribution in [0, 0.1) is 19.8 Å². The van der Waals surface area contributed by atoms with Gasteiger partial charge in [-0.1, -0.05) is 30.3 Å². The predicted octanol–water partition coefficient (Wildman–Crippen LogP) is 3.26. The molecule has 3 aliphatic heterocycles. The maximum absolute atomic E-state index is 13.2. The summed E-state index contributed by atoms with van der Waals surface area (Å²) in [5.74, 6) is 1.32. The fraction of sp³-hybridized carbons (Fsp3) is 0.522. The van der Waals surface area contributed by atoms with Gasteiger partial charge in [0.2, 0.25) is 0 Å². The highest BCUT2D eigenvalue weighted by Crippen LogP contribution is 2.29. The maximum atomic E-state index is 13.2. The van der Waals surface area contributed by atoms with Gasteiger partial charge < -0.3 is 9.80 Å². The van der Waals surface area contributed by atoms with Crippen molar-refractivity contribution in [1.82, 2.24) is 19.8 Å². The maximum Gasteiger partial charge on any atom is 0.272 e. The van der Waals surface area contributed by atoms with E-state index in [4.69, 9.17) is 0 Å². The van der Waals surface area contributed by atoms with Gasteiger partial charge in [0.05, 0.1) is 0 Å². The van der Waals surface area contributed by atoms with Crippen LogP contribution in [0.5, 0.6) is 0 Å². The van der Waals surface area contributed by atoms with Gasteiger partial charge in [0, 0.05) is 31.4 Å². The van der Waals surface area contributed by atoms with Crippen molar-refractivity contribution in [3.63, 3.8) is 0 Å². The summed E-state index contributed by atoms with van der Waals surface area (Å²) < 4.78 is 0. The van der Waals surface area contributed by atoms with Crippen LogP contribution in [0.2, 0.25) is 0 Å².